The fraction of sp³-hybridized carbons (Fsp3) is 0. The molecule has 1 amide bonds. The number of amides is 1. The summed E-state index contributed by atoms with van der Waals surface area (Å²) in [5, 5.41) is 1.13. The normalized spacial score (nSPS) is 10.7. The van der Waals surface area contributed by atoms with E-state index in [1.54, 1.807) is 22.8 Å². The molecule has 0 aliphatic carbocycles. The van der Waals surface area contributed by atoms with E-state index in [4.69, 9.17) is 28.9 Å². The fourth-order valence-corrected chi connectivity index (χ4v) is 3.21. The molecular formula is C16H10BrCl2N3O. The zero-order valence-electron chi connectivity index (χ0n) is 11.6. The first kappa shape index (κ1) is 16.1. The van der Waals surface area contributed by atoms with Gasteiger partial charge in [0.05, 0.1) is 5.02 Å². The van der Waals surface area contributed by atoms with Crippen LogP contribution in [-0.2, 0) is 0 Å². The van der Waals surface area contributed by atoms with Gasteiger partial charge in [-0.25, -0.2) is 4.98 Å². The lowest BCUT2D eigenvalue weighted by molar-refractivity contribution is 0.0995. The van der Waals surface area contributed by atoms with Crippen molar-refractivity contribution < 1.29 is 4.79 Å². The van der Waals surface area contributed by atoms with Crippen molar-refractivity contribution in [3.8, 4) is 17.1 Å². The second-order valence-electron chi connectivity index (χ2n) is 4.73. The third-order valence-electron chi connectivity index (χ3n) is 3.25. The number of hydrogen-bond acceptors (Lipinski definition) is 2. The monoisotopic (exact) mass is 409 g/mol. The van der Waals surface area contributed by atoms with Crippen LogP contribution in [0.3, 0.4) is 0 Å². The Balaban J connectivity index is 2.31. The summed E-state index contributed by atoms with van der Waals surface area (Å²) in [6.45, 7) is 0. The van der Waals surface area contributed by atoms with E-state index < -0.39 is 5.91 Å². The van der Waals surface area contributed by atoms with E-state index in [0.29, 0.717) is 26.0 Å². The number of carbonyl (C=O) groups excluding carboxylic acids is 1. The molecule has 3 aromatic rings. The Hall–Kier alpha value is -1.82. The predicted molar refractivity (Wildman–Crippen MR) is 95.2 cm³/mol. The lowest BCUT2D eigenvalue weighted by Gasteiger charge is -2.10. The van der Waals surface area contributed by atoms with Crippen molar-refractivity contribution in [1.82, 2.24) is 9.55 Å². The summed E-state index contributed by atoms with van der Waals surface area (Å²) in [5.41, 5.74) is 7.02. The van der Waals surface area contributed by atoms with Gasteiger partial charge in [0.2, 0.25) is 0 Å². The van der Waals surface area contributed by atoms with Gasteiger partial charge in [-0.1, -0.05) is 35.3 Å². The number of benzene rings is 2. The minimum absolute atomic E-state index is 0.134. The molecule has 0 aliphatic heterocycles. The van der Waals surface area contributed by atoms with Crippen LogP contribution in [0.25, 0.3) is 17.1 Å². The van der Waals surface area contributed by atoms with Crippen LogP contribution >= 0.6 is 39.1 Å². The number of carbonyl (C=O) groups is 1. The van der Waals surface area contributed by atoms with Crippen molar-refractivity contribution >= 4 is 45.0 Å². The maximum atomic E-state index is 11.7. The standard InChI is InChI=1S/C16H10BrCl2N3O/c17-14-13(15(20)23)21-16(11-3-1-2-4-12(11)19)22(14)10-7-5-9(18)6-8-10/h1-8H,(H2,20,23). The van der Waals surface area contributed by atoms with E-state index in [2.05, 4.69) is 20.9 Å². The van der Waals surface area contributed by atoms with Crippen molar-refractivity contribution in [2.45, 2.75) is 0 Å². The molecule has 2 N–H and O–H groups in total. The van der Waals surface area contributed by atoms with E-state index in [0.717, 1.165) is 5.69 Å². The highest BCUT2D eigenvalue weighted by atomic mass is 79.9. The zero-order chi connectivity index (χ0) is 16.6. The van der Waals surface area contributed by atoms with Gasteiger partial charge < -0.3 is 5.73 Å². The quantitative estimate of drug-likeness (QED) is 0.679. The number of hydrogen-bond donors (Lipinski definition) is 1. The number of imidazole rings is 1. The minimum Gasteiger partial charge on any atom is -0.364 e. The molecule has 7 heteroatoms. The number of halogens is 3. The summed E-state index contributed by atoms with van der Waals surface area (Å²) in [6, 6.07) is 14.4. The molecule has 1 aromatic heterocycles. The molecule has 2 aromatic carbocycles. The van der Waals surface area contributed by atoms with Crippen molar-refractivity contribution in [2.75, 3.05) is 0 Å². The van der Waals surface area contributed by atoms with Crippen LogP contribution < -0.4 is 5.73 Å². The summed E-state index contributed by atoms with van der Waals surface area (Å²) in [6.07, 6.45) is 0. The van der Waals surface area contributed by atoms with Gasteiger partial charge in [0.15, 0.2) is 5.69 Å². The molecule has 0 saturated heterocycles. The number of nitrogens with zero attached hydrogens (tertiary/aromatic N) is 2. The van der Waals surface area contributed by atoms with Gasteiger partial charge in [-0.15, -0.1) is 0 Å². The molecule has 4 nitrogen and oxygen atoms in total. The van der Waals surface area contributed by atoms with Gasteiger partial charge >= 0.3 is 0 Å². The molecule has 3 rings (SSSR count). The van der Waals surface area contributed by atoms with Crippen LogP contribution in [0.2, 0.25) is 10.0 Å². The SMILES string of the molecule is NC(=O)c1nc(-c2ccccc2Cl)n(-c2ccc(Cl)cc2)c1Br. The van der Waals surface area contributed by atoms with E-state index in [9.17, 15) is 4.79 Å². The molecule has 0 saturated carbocycles. The molecule has 116 valence electrons. The number of rotatable bonds is 3. The summed E-state index contributed by atoms with van der Waals surface area (Å²) >= 11 is 15.6. The average Bonchev–Trinajstić information content (AvgIpc) is 2.86. The second-order valence-corrected chi connectivity index (χ2v) is 6.33. The molecule has 0 bridgehead atoms. The summed E-state index contributed by atoms with van der Waals surface area (Å²) in [7, 11) is 0. The number of primary amides is 1. The largest absolute Gasteiger partial charge is 0.364 e. The van der Waals surface area contributed by atoms with Crippen LogP contribution in [-0.4, -0.2) is 15.5 Å². The van der Waals surface area contributed by atoms with E-state index in [1.165, 1.54) is 0 Å². The number of aromatic nitrogens is 2. The third-order valence-corrected chi connectivity index (χ3v) is 4.57. The molecule has 0 spiro atoms. The van der Waals surface area contributed by atoms with Crippen LogP contribution in [0.15, 0.2) is 53.1 Å². The van der Waals surface area contributed by atoms with Crippen molar-refractivity contribution in [1.29, 1.82) is 0 Å². The van der Waals surface area contributed by atoms with E-state index in [1.807, 2.05) is 30.3 Å². The van der Waals surface area contributed by atoms with Gasteiger partial charge in [0, 0.05) is 16.3 Å². The summed E-state index contributed by atoms with van der Waals surface area (Å²) in [5.74, 6) is -0.114. The molecule has 0 radical (unpaired) electrons. The van der Waals surface area contributed by atoms with Crippen molar-refractivity contribution in [3.05, 3.63) is 68.9 Å². The molecule has 0 fully saturated rings. The van der Waals surface area contributed by atoms with Crippen molar-refractivity contribution in [3.63, 3.8) is 0 Å². The smallest absolute Gasteiger partial charge is 0.270 e. The van der Waals surface area contributed by atoms with Gasteiger partial charge in [-0.2, -0.15) is 0 Å². The molecule has 0 unspecified atom stereocenters. The first-order valence-electron chi connectivity index (χ1n) is 6.58. The lowest BCUT2D eigenvalue weighted by Crippen LogP contribution is -2.12. The van der Waals surface area contributed by atoms with Gasteiger partial charge in [-0.3, -0.25) is 9.36 Å². The minimum atomic E-state index is -0.627. The van der Waals surface area contributed by atoms with Crippen LogP contribution in [0.1, 0.15) is 10.5 Å². The highest BCUT2D eigenvalue weighted by Gasteiger charge is 2.22. The third kappa shape index (κ3) is 3.00. The zero-order valence-corrected chi connectivity index (χ0v) is 14.7. The van der Waals surface area contributed by atoms with Gasteiger partial charge in [0.25, 0.3) is 5.91 Å². The molecule has 1 heterocycles. The second kappa shape index (κ2) is 6.35. The first-order valence-corrected chi connectivity index (χ1v) is 8.13. The molecular weight excluding hydrogens is 401 g/mol. The lowest BCUT2D eigenvalue weighted by atomic mass is 10.2. The van der Waals surface area contributed by atoms with Gasteiger partial charge in [-0.05, 0) is 52.3 Å². The Morgan fingerprint density at radius 3 is 2.35 bits per heavy atom. The van der Waals surface area contributed by atoms with Gasteiger partial charge in [0.1, 0.15) is 10.4 Å². The van der Waals surface area contributed by atoms with E-state index >= 15 is 0 Å². The average molecular weight is 411 g/mol. The fourth-order valence-electron chi connectivity index (χ4n) is 2.21. The van der Waals surface area contributed by atoms with Crippen molar-refractivity contribution in [2.24, 2.45) is 5.73 Å². The van der Waals surface area contributed by atoms with Crippen LogP contribution in [0, 0.1) is 0 Å². The molecule has 0 atom stereocenters. The molecule has 23 heavy (non-hydrogen) atoms. The summed E-state index contributed by atoms with van der Waals surface area (Å²) in [4.78, 5) is 16.0. The Morgan fingerprint density at radius 1 is 1.09 bits per heavy atom. The molecule has 0 aliphatic rings. The Labute approximate surface area is 151 Å². The predicted octanol–water partition coefficient (Wildman–Crippen LogP) is 4.71. The Bertz CT molecular complexity index is 891. The topological polar surface area (TPSA) is 60.9 Å². The maximum absolute atomic E-state index is 11.7. The van der Waals surface area contributed by atoms with Crippen LogP contribution in [0.4, 0.5) is 0 Å². The van der Waals surface area contributed by atoms with E-state index in [-0.39, 0.29) is 5.69 Å². The first-order chi connectivity index (χ1) is 11.0. The summed E-state index contributed by atoms with van der Waals surface area (Å²) < 4.78 is 2.22. The maximum Gasteiger partial charge on any atom is 0.270 e. The highest BCUT2D eigenvalue weighted by Crippen LogP contribution is 2.33. The number of nitrogens with two attached hydrogens (primary N) is 1. The van der Waals surface area contributed by atoms with Crippen LogP contribution in [0.5, 0.6) is 0 Å². The highest BCUT2D eigenvalue weighted by molar-refractivity contribution is 9.10. The Morgan fingerprint density at radius 2 is 1.74 bits per heavy atom. The Kier molecular flexibility index (Phi) is 4.43.